The molecule has 2 aromatic carbocycles. The van der Waals surface area contributed by atoms with E-state index in [1.807, 2.05) is 0 Å². The lowest BCUT2D eigenvalue weighted by atomic mass is 9.45. The molecule has 0 spiro atoms. The first-order valence-electron chi connectivity index (χ1n) is 14.9. The largest absolute Gasteiger partial charge is 0.407 e. The van der Waals surface area contributed by atoms with E-state index >= 15 is 0 Å². The summed E-state index contributed by atoms with van der Waals surface area (Å²) in [5.41, 5.74) is -0.447. The van der Waals surface area contributed by atoms with Crippen LogP contribution in [0.3, 0.4) is 0 Å². The molecule has 2 aromatic rings. The molecule has 2 bridgehead atoms. The maximum Gasteiger partial charge on any atom is 0.261 e. The summed E-state index contributed by atoms with van der Waals surface area (Å²) in [7, 11) is 0.735. The van der Waals surface area contributed by atoms with Crippen molar-refractivity contribution in [3.05, 3.63) is 60.7 Å². The molecular formula is C33H46O6Si. The number of fused-ring (bicyclic) bond motifs is 3. The lowest BCUT2D eigenvalue weighted by molar-refractivity contribution is -0.305. The number of hydrogen-bond acceptors (Lipinski definition) is 6. The normalized spacial score (nSPS) is 36.4. The Hall–Kier alpha value is -1.58. The second kappa shape index (κ2) is 10.6. The summed E-state index contributed by atoms with van der Waals surface area (Å²) in [5, 5.41) is 2.55. The highest BCUT2D eigenvalue weighted by molar-refractivity contribution is 6.99. The van der Waals surface area contributed by atoms with Gasteiger partial charge in [0.1, 0.15) is 13.6 Å². The Morgan fingerprint density at radius 3 is 2.10 bits per heavy atom. The Labute approximate surface area is 240 Å². The number of hydrogen-bond donors (Lipinski definition) is 0. The summed E-state index contributed by atoms with van der Waals surface area (Å²) in [6, 6.07) is 21.9. The van der Waals surface area contributed by atoms with Gasteiger partial charge in [0.25, 0.3) is 8.32 Å². The van der Waals surface area contributed by atoms with Crippen LogP contribution in [0.25, 0.3) is 0 Å². The van der Waals surface area contributed by atoms with Gasteiger partial charge < -0.3 is 28.1 Å². The summed E-state index contributed by atoms with van der Waals surface area (Å²) in [6.07, 6.45) is 3.46. The van der Waals surface area contributed by atoms with Gasteiger partial charge in [-0.3, -0.25) is 0 Å². The van der Waals surface area contributed by atoms with E-state index in [0.29, 0.717) is 30.5 Å². The van der Waals surface area contributed by atoms with E-state index in [1.165, 1.54) is 10.4 Å². The molecule has 5 fully saturated rings. The van der Waals surface area contributed by atoms with Crippen molar-refractivity contribution in [1.82, 2.24) is 0 Å². The zero-order valence-electron chi connectivity index (χ0n) is 24.9. The van der Waals surface area contributed by atoms with Gasteiger partial charge in [0.05, 0.1) is 23.9 Å². The van der Waals surface area contributed by atoms with Gasteiger partial charge in [-0.05, 0) is 46.0 Å². The zero-order valence-corrected chi connectivity index (χ0v) is 25.9. The lowest BCUT2D eigenvalue weighted by Gasteiger charge is -2.65. The van der Waals surface area contributed by atoms with Crippen molar-refractivity contribution in [3.63, 3.8) is 0 Å². The second-order valence-corrected chi connectivity index (χ2v) is 17.9. The van der Waals surface area contributed by atoms with Crippen LogP contribution in [0.4, 0.5) is 0 Å². The fourth-order valence-electron chi connectivity index (χ4n) is 9.08. The minimum atomic E-state index is -2.67. The van der Waals surface area contributed by atoms with Crippen molar-refractivity contribution < 1.29 is 28.1 Å². The fourth-order valence-corrected chi connectivity index (χ4v) is 13.7. The SMILES string of the molecule is COCO[C@H]1CC2(OCOC)C[C@@H](CO[Si](c3ccccc3)(c3ccccc3)C(C)(C)C)[C@@H]1[C@@H]1C[C@H]3O[C@H]3[C@]12C. The van der Waals surface area contributed by atoms with Crippen LogP contribution >= 0.6 is 0 Å². The quantitative estimate of drug-likeness (QED) is 0.222. The molecule has 1 unspecified atom stereocenters. The van der Waals surface area contributed by atoms with Gasteiger partial charge in [-0.15, -0.1) is 0 Å². The number of benzene rings is 2. The van der Waals surface area contributed by atoms with Gasteiger partial charge >= 0.3 is 0 Å². The third-order valence-electron chi connectivity index (χ3n) is 10.8. The zero-order chi connectivity index (χ0) is 28.2. The van der Waals surface area contributed by atoms with Crippen molar-refractivity contribution in [2.24, 2.45) is 23.2 Å². The highest BCUT2D eigenvalue weighted by atomic mass is 28.4. The molecule has 4 aliphatic carbocycles. The summed E-state index contributed by atoms with van der Waals surface area (Å²) < 4.78 is 37.8. The summed E-state index contributed by atoms with van der Waals surface area (Å²) in [4.78, 5) is 0. The molecule has 8 atom stereocenters. The van der Waals surface area contributed by atoms with Crippen molar-refractivity contribution in [1.29, 1.82) is 0 Å². The van der Waals surface area contributed by atoms with Gasteiger partial charge in [-0.1, -0.05) is 88.4 Å². The average Bonchev–Trinajstić information content (AvgIpc) is 3.67. The Morgan fingerprint density at radius 2 is 1.52 bits per heavy atom. The smallest absolute Gasteiger partial charge is 0.261 e. The van der Waals surface area contributed by atoms with Crippen LogP contribution in [0, 0.1) is 23.2 Å². The van der Waals surface area contributed by atoms with E-state index in [2.05, 4.69) is 88.4 Å². The monoisotopic (exact) mass is 566 g/mol. The molecule has 218 valence electrons. The van der Waals surface area contributed by atoms with Crippen molar-refractivity contribution in [3.8, 4) is 0 Å². The van der Waals surface area contributed by atoms with E-state index in [-0.39, 0.29) is 36.2 Å². The number of rotatable bonds is 11. The Balaban J connectivity index is 1.39. The highest BCUT2D eigenvalue weighted by Crippen LogP contribution is 2.72. The van der Waals surface area contributed by atoms with E-state index in [9.17, 15) is 0 Å². The first-order chi connectivity index (χ1) is 19.2. The van der Waals surface area contributed by atoms with Crippen molar-refractivity contribution >= 4 is 18.7 Å². The molecule has 6 nitrogen and oxygen atoms in total. The van der Waals surface area contributed by atoms with Crippen LogP contribution in [0.2, 0.25) is 5.04 Å². The molecule has 40 heavy (non-hydrogen) atoms. The molecule has 0 radical (unpaired) electrons. The second-order valence-electron chi connectivity index (χ2n) is 13.6. The third-order valence-corrected chi connectivity index (χ3v) is 15.8. The minimum Gasteiger partial charge on any atom is -0.407 e. The predicted molar refractivity (Wildman–Crippen MR) is 157 cm³/mol. The van der Waals surface area contributed by atoms with Crippen LogP contribution in [0.1, 0.15) is 47.0 Å². The Kier molecular flexibility index (Phi) is 7.56. The standard InChI is InChI=1S/C33H46O6Si/c1-31(2,3)40(24-13-9-7-10-14-24,25-15-11-8-12-16-25)38-20-23-18-33(37-22-35-6)19-28(36-21-34-5)29(23)26-17-27-30(39-27)32(26,33)4/h7-16,23,26-30H,17-22H2,1-6H3/t23-,26-,27+,28-,29+,30+,32-,33?/m0/s1. The lowest BCUT2D eigenvalue weighted by Crippen LogP contribution is -2.71. The molecular weight excluding hydrogens is 520 g/mol. The molecule has 7 rings (SSSR count). The molecule has 1 heterocycles. The fraction of sp³-hybridized carbons (Fsp3) is 0.636. The molecule has 5 aliphatic rings. The van der Waals surface area contributed by atoms with E-state index in [4.69, 9.17) is 28.1 Å². The summed E-state index contributed by atoms with van der Waals surface area (Å²) in [5.74, 6) is 1.11. The van der Waals surface area contributed by atoms with E-state index in [0.717, 1.165) is 19.3 Å². The number of methoxy groups -OCH3 is 2. The van der Waals surface area contributed by atoms with E-state index in [1.54, 1.807) is 14.2 Å². The molecule has 0 amide bonds. The number of epoxide rings is 1. The molecule has 7 heteroatoms. The van der Waals surface area contributed by atoms with Gasteiger partial charge in [0.15, 0.2) is 0 Å². The van der Waals surface area contributed by atoms with Crippen molar-refractivity contribution in [2.75, 3.05) is 34.4 Å². The van der Waals surface area contributed by atoms with Crippen molar-refractivity contribution in [2.45, 2.75) is 75.9 Å². The van der Waals surface area contributed by atoms with Crippen LogP contribution < -0.4 is 10.4 Å². The predicted octanol–water partition coefficient (Wildman–Crippen LogP) is 4.74. The molecule has 0 aromatic heterocycles. The molecule has 0 N–H and O–H groups in total. The highest BCUT2D eigenvalue weighted by Gasteiger charge is 2.78. The van der Waals surface area contributed by atoms with Crippen LogP contribution in [-0.2, 0) is 28.1 Å². The van der Waals surface area contributed by atoms with Gasteiger partial charge in [-0.2, -0.15) is 0 Å². The Morgan fingerprint density at radius 1 is 0.900 bits per heavy atom. The molecule has 4 saturated carbocycles. The Bertz CT molecular complexity index is 1120. The van der Waals surface area contributed by atoms with Crippen LogP contribution in [-0.4, -0.2) is 66.6 Å². The average molecular weight is 567 g/mol. The minimum absolute atomic E-state index is 0.0499. The summed E-state index contributed by atoms with van der Waals surface area (Å²) >= 11 is 0. The van der Waals surface area contributed by atoms with E-state index < -0.39 is 13.9 Å². The van der Waals surface area contributed by atoms with Gasteiger partial charge in [0, 0.05) is 32.7 Å². The molecule has 1 aliphatic heterocycles. The maximum atomic E-state index is 7.51. The van der Waals surface area contributed by atoms with Crippen LogP contribution in [0.5, 0.6) is 0 Å². The van der Waals surface area contributed by atoms with Gasteiger partial charge in [0.2, 0.25) is 0 Å². The topological polar surface area (TPSA) is 58.7 Å². The first-order valence-corrected chi connectivity index (χ1v) is 16.8. The first kappa shape index (κ1) is 28.5. The summed E-state index contributed by atoms with van der Waals surface area (Å²) in [6.45, 7) is 10.7. The number of ether oxygens (including phenoxy) is 5. The maximum absolute atomic E-state index is 7.51. The van der Waals surface area contributed by atoms with Crippen LogP contribution in [0.15, 0.2) is 60.7 Å². The third kappa shape index (κ3) is 4.27. The van der Waals surface area contributed by atoms with Gasteiger partial charge in [-0.25, -0.2) is 0 Å². The molecule has 1 saturated heterocycles.